The van der Waals surface area contributed by atoms with Gasteiger partial charge in [-0.15, -0.1) is 0 Å². The molecule has 8 heteroatoms. The number of benzene rings is 1. The molecule has 0 atom stereocenters. The quantitative estimate of drug-likeness (QED) is 0.739. The van der Waals surface area contributed by atoms with Crippen LogP contribution in [0.15, 0.2) is 21.5 Å². The van der Waals surface area contributed by atoms with E-state index in [2.05, 4.69) is 20.8 Å². The van der Waals surface area contributed by atoms with Gasteiger partial charge in [-0.05, 0) is 38.1 Å². The Morgan fingerprint density at radius 3 is 2.29 bits per heavy atom. The summed E-state index contributed by atoms with van der Waals surface area (Å²) in [7, 11) is -2.13. The first-order valence-corrected chi connectivity index (χ1v) is 9.64. The lowest BCUT2D eigenvalue weighted by Gasteiger charge is -2.22. The van der Waals surface area contributed by atoms with Gasteiger partial charge < -0.3 is 4.90 Å². The van der Waals surface area contributed by atoms with Crippen molar-refractivity contribution in [2.45, 2.75) is 17.7 Å². The fraction of sp³-hybridized carbons (Fsp3) is 0.538. The van der Waals surface area contributed by atoms with Crippen LogP contribution in [0.4, 0.5) is 0 Å². The molecule has 1 aromatic rings. The summed E-state index contributed by atoms with van der Waals surface area (Å²) in [6, 6.07) is 3.07. The zero-order chi connectivity index (χ0) is 15.6. The van der Waals surface area contributed by atoms with Crippen molar-refractivity contribution >= 4 is 49.2 Å². The highest BCUT2D eigenvalue weighted by molar-refractivity contribution is 9.10. The van der Waals surface area contributed by atoms with E-state index in [1.54, 1.807) is 7.05 Å². The molecule has 0 aromatic heterocycles. The first-order chi connectivity index (χ1) is 9.82. The second-order valence-corrected chi connectivity index (χ2v) is 8.79. The van der Waals surface area contributed by atoms with Crippen molar-refractivity contribution in [2.75, 3.05) is 33.2 Å². The molecule has 0 bridgehead atoms. The third kappa shape index (κ3) is 4.12. The van der Waals surface area contributed by atoms with Gasteiger partial charge >= 0.3 is 0 Å². The third-order valence-corrected chi connectivity index (χ3v) is 6.80. The van der Waals surface area contributed by atoms with E-state index in [0.717, 1.165) is 19.6 Å². The molecule has 0 aliphatic carbocycles. The zero-order valence-corrected chi connectivity index (χ0v) is 15.6. The summed E-state index contributed by atoms with van der Waals surface area (Å²) >= 11 is 15.4. The van der Waals surface area contributed by atoms with Gasteiger partial charge in [0.05, 0.1) is 10.0 Å². The fourth-order valence-electron chi connectivity index (χ4n) is 2.34. The standard InChI is InChI=1S/C13H17BrCl2N2O2S/c1-17(6-7-18-4-2-3-5-18)21(19,20)13-11(15)8-10(14)9-12(13)16/h8-9H,2-7H2,1H3. The average molecular weight is 416 g/mol. The molecular weight excluding hydrogens is 399 g/mol. The molecule has 1 heterocycles. The SMILES string of the molecule is CN(CCN1CCCC1)S(=O)(=O)c1c(Cl)cc(Br)cc1Cl. The van der Waals surface area contributed by atoms with Crippen LogP contribution in [0.25, 0.3) is 0 Å². The lowest BCUT2D eigenvalue weighted by molar-refractivity contribution is 0.310. The van der Waals surface area contributed by atoms with E-state index in [9.17, 15) is 8.42 Å². The lowest BCUT2D eigenvalue weighted by Crippen LogP contribution is -2.35. The minimum absolute atomic E-state index is 0.0297. The maximum atomic E-state index is 12.6. The topological polar surface area (TPSA) is 40.6 Å². The highest BCUT2D eigenvalue weighted by atomic mass is 79.9. The fourth-order valence-corrected chi connectivity index (χ4v) is 5.38. The monoisotopic (exact) mass is 414 g/mol. The van der Waals surface area contributed by atoms with Gasteiger partial charge in [0.2, 0.25) is 10.0 Å². The Morgan fingerprint density at radius 2 is 1.76 bits per heavy atom. The lowest BCUT2D eigenvalue weighted by atomic mass is 10.4. The van der Waals surface area contributed by atoms with Gasteiger partial charge in [-0.25, -0.2) is 8.42 Å². The van der Waals surface area contributed by atoms with Crippen molar-refractivity contribution in [2.24, 2.45) is 0 Å². The van der Waals surface area contributed by atoms with Crippen LogP contribution in [0.1, 0.15) is 12.8 Å². The molecular formula is C13H17BrCl2N2O2S. The molecule has 1 aliphatic heterocycles. The largest absolute Gasteiger partial charge is 0.302 e. The zero-order valence-electron chi connectivity index (χ0n) is 11.7. The van der Waals surface area contributed by atoms with Gasteiger partial charge in [0.15, 0.2) is 0 Å². The van der Waals surface area contributed by atoms with Crippen LogP contribution in [0, 0.1) is 0 Å². The highest BCUT2D eigenvalue weighted by Gasteiger charge is 2.27. The van der Waals surface area contributed by atoms with Crippen LogP contribution >= 0.6 is 39.1 Å². The predicted molar refractivity (Wildman–Crippen MR) is 89.7 cm³/mol. The molecule has 4 nitrogen and oxygen atoms in total. The first kappa shape index (κ1) is 17.5. The second kappa shape index (κ2) is 7.15. The molecule has 0 unspecified atom stereocenters. The van der Waals surface area contributed by atoms with Gasteiger partial charge in [0, 0.05) is 24.6 Å². The third-order valence-electron chi connectivity index (χ3n) is 3.56. The van der Waals surface area contributed by atoms with Crippen molar-refractivity contribution in [3.63, 3.8) is 0 Å². The van der Waals surface area contributed by atoms with E-state index in [1.807, 2.05) is 0 Å². The van der Waals surface area contributed by atoms with Crippen molar-refractivity contribution < 1.29 is 8.42 Å². The molecule has 1 fully saturated rings. The van der Waals surface area contributed by atoms with Gasteiger partial charge in [-0.1, -0.05) is 39.1 Å². The molecule has 1 saturated heterocycles. The van der Waals surface area contributed by atoms with Crippen LogP contribution < -0.4 is 0 Å². The average Bonchev–Trinajstić information content (AvgIpc) is 2.87. The summed E-state index contributed by atoms with van der Waals surface area (Å²) in [4.78, 5) is 2.23. The summed E-state index contributed by atoms with van der Waals surface area (Å²) in [6.45, 7) is 3.22. The van der Waals surface area contributed by atoms with E-state index < -0.39 is 10.0 Å². The number of hydrogen-bond donors (Lipinski definition) is 0. The summed E-state index contributed by atoms with van der Waals surface area (Å²) in [5.41, 5.74) is 0. The van der Waals surface area contributed by atoms with Crippen molar-refractivity contribution in [3.8, 4) is 0 Å². The van der Waals surface area contributed by atoms with Crippen molar-refractivity contribution in [1.29, 1.82) is 0 Å². The van der Waals surface area contributed by atoms with Gasteiger partial charge in [-0.3, -0.25) is 0 Å². The van der Waals surface area contributed by atoms with Crippen LogP contribution in [0.3, 0.4) is 0 Å². The van der Waals surface area contributed by atoms with Gasteiger partial charge in [-0.2, -0.15) is 4.31 Å². The maximum absolute atomic E-state index is 12.6. The number of sulfonamides is 1. The Morgan fingerprint density at radius 1 is 1.24 bits per heavy atom. The number of rotatable bonds is 5. The van der Waals surface area contributed by atoms with E-state index in [0.29, 0.717) is 11.0 Å². The molecule has 21 heavy (non-hydrogen) atoms. The number of likely N-dealkylation sites (tertiary alicyclic amines) is 1. The van der Waals surface area contributed by atoms with Crippen LogP contribution in [0.2, 0.25) is 10.0 Å². The molecule has 2 rings (SSSR count). The van der Waals surface area contributed by atoms with E-state index in [4.69, 9.17) is 23.2 Å². The molecule has 0 radical (unpaired) electrons. The van der Waals surface area contributed by atoms with E-state index >= 15 is 0 Å². The van der Waals surface area contributed by atoms with Crippen LogP contribution in [-0.4, -0.2) is 50.8 Å². The van der Waals surface area contributed by atoms with Crippen LogP contribution in [0.5, 0.6) is 0 Å². The van der Waals surface area contributed by atoms with Crippen molar-refractivity contribution in [3.05, 3.63) is 26.7 Å². The number of halogens is 3. The summed E-state index contributed by atoms with van der Waals surface area (Å²) < 4.78 is 27.2. The molecule has 0 spiro atoms. The predicted octanol–water partition coefficient (Wildman–Crippen LogP) is 3.47. The minimum atomic E-state index is -3.69. The summed E-state index contributed by atoms with van der Waals surface area (Å²) in [5.74, 6) is 0. The molecule has 1 aromatic carbocycles. The van der Waals surface area contributed by atoms with E-state index in [1.165, 1.54) is 29.3 Å². The maximum Gasteiger partial charge on any atom is 0.245 e. The number of hydrogen-bond acceptors (Lipinski definition) is 3. The second-order valence-electron chi connectivity index (χ2n) is 5.07. The minimum Gasteiger partial charge on any atom is -0.302 e. The Hall–Kier alpha value is 0.150. The van der Waals surface area contributed by atoms with Gasteiger partial charge in [0.1, 0.15) is 4.90 Å². The van der Waals surface area contributed by atoms with E-state index in [-0.39, 0.29) is 14.9 Å². The Balaban J connectivity index is 2.17. The smallest absolute Gasteiger partial charge is 0.245 e. The highest BCUT2D eigenvalue weighted by Crippen LogP contribution is 2.34. The molecule has 0 saturated carbocycles. The normalized spacial score (nSPS) is 16.8. The van der Waals surface area contributed by atoms with Crippen molar-refractivity contribution in [1.82, 2.24) is 9.21 Å². The van der Waals surface area contributed by atoms with Gasteiger partial charge in [0.25, 0.3) is 0 Å². The molecule has 0 amide bonds. The Kier molecular flexibility index (Phi) is 5.96. The molecule has 1 aliphatic rings. The molecule has 118 valence electrons. The summed E-state index contributed by atoms with van der Waals surface area (Å²) in [6.07, 6.45) is 2.36. The van der Waals surface area contributed by atoms with Crippen LogP contribution in [-0.2, 0) is 10.0 Å². The molecule has 0 N–H and O–H groups in total. The Bertz CT molecular complexity index is 596. The number of likely N-dealkylation sites (N-methyl/N-ethyl adjacent to an activating group) is 1. The summed E-state index contributed by atoms with van der Waals surface area (Å²) in [5, 5.41) is 0.254. The first-order valence-electron chi connectivity index (χ1n) is 6.65. The Labute approximate surface area is 144 Å². The number of nitrogens with zero attached hydrogens (tertiary/aromatic N) is 2.